The van der Waals surface area contributed by atoms with Gasteiger partial charge < -0.3 is 4.74 Å². The maximum atomic E-state index is 14.0. The Kier molecular flexibility index (Phi) is 5.58. The van der Waals surface area contributed by atoms with Crippen molar-refractivity contribution in [2.45, 2.75) is 13.3 Å². The van der Waals surface area contributed by atoms with Crippen LogP contribution in [0.1, 0.15) is 23.7 Å². The molecule has 0 spiro atoms. The molecule has 5 nitrogen and oxygen atoms in total. The molecule has 0 saturated carbocycles. The van der Waals surface area contributed by atoms with Crippen molar-refractivity contribution in [1.29, 1.82) is 0 Å². The summed E-state index contributed by atoms with van der Waals surface area (Å²) < 4.78 is 19.2. The summed E-state index contributed by atoms with van der Waals surface area (Å²) in [5.41, 5.74) is 0.909. The Morgan fingerprint density at radius 3 is 2.54 bits per heavy atom. The number of benzene rings is 2. The number of carbonyl (C=O) groups excluding carboxylic acids is 1. The number of rotatable bonds is 6. The minimum Gasteiger partial charge on any atom is -0.497 e. The molecule has 7 heteroatoms. The lowest BCUT2D eigenvalue weighted by Crippen LogP contribution is -2.32. The predicted octanol–water partition coefficient (Wildman–Crippen LogP) is 4.41. The summed E-state index contributed by atoms with van der Waals surface area (Å²) in [5.74, 6) is -0.207. The fraction of sp³-hybridized carbons (Fsp3) is 0.211. The molecule has 0 aliphatic carbocycles. The van der Waals surface area contributed by atoms with Crippen molar-refractivity contribution in [2.75, 3.05) is 18.6 Å². The summed E-state index contributed by atoms with van der Waals surface area (Å²) in [5, 5.41) is 9.47. The smallest absolute Gasteiger partial charge is 0.263 e. The summed E-state index contributed by atoms with van der Waals surface area (Å²) in [7, 11) is 1.61. The van der Waals surface area contributed by atoms with Crippen LogP contribution in [0.25, 0.3) is 10.6 Å². The maximum absolute atomic E-state index is 14.0. The van der Waals surface area contributed by atoms with Crippen molar-refractivity contribution in [3.8, 4) is 16.3 Å². The molecular weight excluding hydrogens is 353 g/mol. The van der Waals surface area contributed by atoms with Gasteiger partial charge >= 0.3 is 0 Å². The van der Waals surface area contributed by atoms with E-state index in [-0.39, 0.29) is 5.56 Å². The van der Waals surface area contributed by atoms with E-state index in [1.54, 1.807) is 19.2 Å². The molecule has 0 fully saturated rings. The van der Waals surface area contributed by atoms with Gasteiger partial charge in [-0.1, -0.05) is 30.4 Å². The first-order valence-electron chi connectivity index (χ1n) is 8.18. The van der Waals surface area contributed by atoms with Crippen molar-refractivity contribution in [2.24, 2.45) is 0 Å². The van der Waals surface area contributed by atoms with E-state index in [1.807, 2.05) is 31.2 Å². The Bertz CT molecular complexity index is 896. The second-order valence-electron chi connectivity index (χ2n) is 5.55. The third-order valence-corrected chi connectivity index (χ3v) is 4.77. The van der Waals surface area contributed by atoms with E-state index in [2.05, 4.69) is 10.2 Å². The summed E-state index contributed by atoms with van der Waals surface area (Å²) in [4.78, 5) is 14.3. The van der Waals surface area contributed by atoms with Gasteiger partial charge in [-0.2, -0.15) is 0 Å². The standard InChI is InChI=1S/C19H18FN3O2S/c1-3-12-23(18(24)15-6-4-5-7-16(15)20)19-22-21-17(26-19)13-8-10-14(25-2)11-9-13/h4-11H,3,12H2,1-2H3. The number of hydrogen-bond acceptors (Lipinski definition) is 5. The molecule has 0 aliphatic rings. The average Bonchev–Trinajstić information content (AvgIpc) is 3.16. The molecule has 0 bridgehead atoms. The van der Waals surface area contributed by atoms with E-state index in [4.69, 9.17) is 4.74 Å². The Balaban J connectivity index is 1.90. The molecule has 134 valence electrons. The van der Waals surface area contributed by atoms with Crippen LogP contribution in [-0.4, -0.2) is 29.8 Å². The highest BCUT2D eigenvalue weighted by Crippen LogP contribution is 2.30. The van der Waals surface area contributed by atoms with Gasteiger partial charge in [0.15, 0.2) is 0 Å². The molecule has 2 aromatic carbocycles. The highest BCUT2D eigenvalue weighted by atomic mass is 32.1. The number of ether oxygens (including phenoxy) is 1. The van der Waals surface area contributed by atoms with Crippen LogP contribution in [0.5, 0.6) is 5.75 Å². The van der Waals surface area contributed by atoms with Crippen LogP contribution in [0.3, 0.4) is 0 Å². The quantitative estimate of drug-likeness (QED) is 0.644. The number of methoxy groups -OCH3 is 1. The molecule has 0 saturated heterocycles. The highest BCUT2D eigenvalue weighted by Gasteiger charge is 2.23. The number of halogens is 1. The largest absolute Gasteiger partial charge is 0.497 e. The van der Waals surface area contributed by atoms with Crippen molar-refractivity contribution in [3.63, 3.8) is 0 Å². The second-order valence-corrected chi connectivity index (χ2v) is 6.51. The van der Waals surface area contributed by atoms with Crippen LogP contribution < -0.4 is 9.64 Å². The zero-order valence-electron chi connectivity index (χ0n) is 14.5. The predicted molar refractivity (Wildman–Crippen MR) is 100 cm³/mol. The number of nitrogens with zero attached hydrogens (tertiary/aromatic N) is 3. The van der Waals surface area contributed by atoms with Crippen molar-refractivity contribution < 1.29 is 13.9 Å². The van der Waals surface area contributed by atoms with Gasteiger partial charge in [0, 0.05) is 12.1 Å². The van der Waals surface area contributed by atoms with E-state index >= 15 is 0 Å². The lowest BCUT2D eigenvalue weighted by molar-refractivity contribution is 0.0983. The molecule has 0 unspecified atom stereocenters. The summed E-state index contributed by atoms with van der Waals surface area (Å²) in [6, 6.07) is 13.4. The lowest BCUT2D eigenvalue weighted by Gasteiger charge is -2.18. The Labute approximate surface area is 155 Å². The third kappa shape index (κ3) is 3.72. The van der Waals surface area contributed by atoms with E-state index in [0.29, 0.717) is 16.7 Å². The number of hydrogen-bond donors (Lipinski definition) is 0. The van der Waals surface area contributed by atoms with Crippen molar-refractivity contribution in [3.05, 3.63) is 59.9 Å². The molecule has 3 rings (SSSR count). The van der Waals surface area contributed by atoms with Crippen LogP contribution in [0.4, 0.5) is 9.52 Å². The first-order chi connectivity index (χ1) is 12.6. The molecule has 0 N–H and O–H groups in total. The van der Waals surface area contributed by atoms with E-state index in [1.165, 1.54) is 28.4 Å². The fourth-order valence-corrected chi connectivity index (χ4v) is 3.34. The summed E-state index contributed by atoms with van der Waals surface area (Å²) in [6.45, 7) is 2.39. The zero-order chi connectivity index (χ0) is 18.5. The minimum absolute atomic E-state index is 0.0298. The SMILES string of the molecule is CCCN(C(=O)c1ccccc1F)c1nnc(-c2ccc(OC)cc2)s1. The van der Waals surface area contributed by atoms with Crippen molar-refractivity contribution in [1.82, 2.24) is 10.2 Å². The normalized spacial score (nSPS) is 10.6. The molecule has 1 amide bonds. The summed E-state index contributed by atoms with van der Waals surface area (Å²) >= 11 is 1.30. The van der Waals surface area contributed by atoms with Crippen LogP contribution in [0, 0.1) is 5.82 Å². The van der Waals surface area contributed by atoms with Gasteiger partial charge in [0.2, 0.25) is 5.13 Å². The van der Waals surface area contributed by atoms with Gasteiger partial charge in [-0.3, -0.25) is 9.69 Å². The van der Waals surface area contributed by atoms with Gasteiger partial charge in [0.25, 0.3) is 5.91 Å². The van der Waals surface area contributed by atoms with Gasteiger partial charge in [0.1, 0.15) is 16.6 Å². The maximum Gasteiger partial charge on any atom is 0.263 e. The second kappa shape index (κ2) is 8.05. The molecule has 1 heterocycles. The molecule has 26 heavy (non-hydrogen) atoms. The minimum atomic E-state index is -0.543. The average molecular weight is 371 g/mol. The zero-order valence-corrected chi connectivity index (χ0v) is 15.3. The van der Waals surface area contributed by atoms with Crippen molar-refractivity contribution >= 4 is 22.4 Å². The number of carbonyl (C=O) groups is 1. The molecule has 0 radical (unpaired) electrons. The first-order valence-corrected chi connectivity index (χ1v) is 9.00. The fourth-order valence-electron chi connectivity index (χ4n) is 2.46. The van der Waals surface area contributed by atoms with Crippen LogP contribution in [-0.2, 0) is 0 Å². The van der Waals surface area contributed by atoms with Crippen LogP contribution in [0.2, 0.25) is 0 Å². The van der Waals surface area contributed by atoms with Crippen LogP contribution in [0.15, 0.2) is 48.5 Å². The summed E-state index contributed by atoms with van der Waals surface area (Å²) in [6.07, 6.45) is 0.720. The van der Waals surface area contributed by atoms with Gasteiger partial charge in [0.05, 0.1) is 12.7 Å². The molecule has 0 atom stereocenters. The topological polar surface area (TPSA) is 55.3 Å². The van der Waals surface area contributed by atoms with Crippen LogP contribution >= 0.6 is 11.3 Å². The lowest BCUT2D eigenvalue weighted by atomic mass is 10.2. The molecule has 1 aromatic heterocycles. The molecular formula is C19H18FN3O2S. The number of amides is 1. The van der Waals surface area contributed by atoms with E-state index in [9.17, 15) is 9.18 Å². The van der Waals surface area contributed by atoms with Gasteiger partial charge in [-0.15, -0.1) is 10.2 Å². The van der Waals surface area contributed by atoms with Gasteiger partial charge in [-0.05, 0) is 42.8 Å². The monoisotopic (exact) mass is 371 g/mol. The Hall–Kier alpha value is -2.80. The number of aromatic nitrogens is 2. The molecule has 0 aliphatic heterocycles. The Morgan fingerprint density at radius 1 is 1.15 bits per heavy atom. The highest BCUT2D eigenvalue weighted by molar-refractivity contribution is 7.18. The first kappa shape index (κ1) is 18.0. The van der Waals surface area contributed by atoms with Gasteiger partial charge in [-0.25, -0.2) is 4.39 Å². The number of anilines is 1. The van der Waals surface area contributed by atoms with E-state index < -0.39 is 11.7 Å². The third-order valence-electron chi connectivity index (χ3n) is 3.78. The van der Waals surface area contributed by atoms with E-state index in [0.717, 1.165) is 17.7 Å². The molecule has 3 aromatic rings. The Morgan fingerprint density at radius 2 is 1.88 bits per heavy atom.